The van der Waals surface area contributed by atoms with Crippen molar-refractivity contribution >= 4 is 22.1 Å². The number of aryl methyl sites for hydroxylation is 1. The second-order valence-corrected chi connectivity index (χ2v) is 5.67. The van der Waals surface area contributed by atoms with Gasteiger partial charge in [0.2, 0.25) is 0 Å². The van der Waals surface area contributed by atoms with E-state index in [9.17, 15) is 4.79 Å². The van der Waals surface area contributed by atoms with Crippen LogP contribution in [-0.4, -0.2) is 5.78 Å². The second kappa shape index (κ2) is 3.44. The number of rotatable bonds is 1. The summed E-state index contributed by atoms with van der Waals surface area (Å²) in [7, 11) is 0. The predicted molar refractivity (Wildman–Crippen MR) is 71.7 cm³/mol. The largest absolute Gasteiger partial charge is 0.390 e. The van der Waals surface area contributed by atoms with E-state index in [1.807, 2.05) is 0 Å². The Bertz CT molecular complexity index is 640. The smallest absolute Gasteiger partial charge is 0.163 e. The molecule has 3 rings (SSSR count). The summed E-state index contributed by atoms with van der Waals surface area (Å²) in [5, 5.41) is 0.662. The lowest BCUT2D eigenvalue weighted by molar-refractivity contribution is 0.101. The van der Waals surface area contributed by atoms with Gasteiger partial charge in [0.05, 0.1) is 10.6 Å². The van der Waals surface area contributed by atoms with Gasteiger partial charge in [-0.1, -0.05) is 23.8 Å². The first-order valence-corrected chi connectivity index (χ1v) is 6.41. The number of carbonyl (C=O) groups is 1. The maximum Gasteiger partial charge on any atom is 0.163 e. The summed E-state index contributed by atoms with van der Waals surface area (Å²) in [4.78, 5) is 12.9. The summed E-state index contributed by atoms with van der Waals surface area (Å²) in [5.41, 5.74) is 11.5. The average Bonchev–Trinajstić information content (AvgIpc) is 2.72. The molecule has 2 N–H and O–H groups in total. The summed E-state index contributed by atoms with van der Waals surface area (Å²) in [6, 6.07) is 6.42. The normalized spacial score (nSPS) is 12.4. The molecule has 86 valence electrons. The fraction of sp³-hybridized carbons (Fsp3) is 0.214. The molecule has 1 aromatic heterocycles. The minimum absolute atomic E-state index is 0.0642. The first-order valence-electron chi connectivity index (χ1n) is 5.60. The van der Waals surface area contributed by atoms with Crippen LogP contribution in [0.25, 0.3) is 11.1 Å². The van der Waals surface area contributed by atoms with Gasteiger partial charge in [0.1, 0.15) is 0 Å². The topological polar surface area (TPSA) is 43.1 Å². The van der Waals surface area contributed by atoms with Crippen LogP contribution >= 0.6 is 11.3 Å². The molecule has 0 amide bonds. The van der Waals surface area contributed by atoms with E-state index in [0.717, 1.165) is 12.0 Å². The van der Waals surface area contributed by atoms with Crippen molar-refractivity contribution in [3.8, 4) is 11.1 Å². The van der Waals surface area contributed by atoms with Gasteiger partial charge < -0.3 is 5.73 Å². The average molecular weight is 243 g/mol. The van der Waals surface area contributed by atoms with Crippen molar-refractivity contribution in [1.29, 1.82) is 0 Å². The number of benzene rings is 1. The SMILES string of the molecule is CC(=O)c1c(N)sc2c1-c1cc(C)ccc1C2. The number of Topliss-reactive ketones (excluding diaryl/α,β-unsaturated/α-hetero) is 1. The standard InChI is InChI=1S/C14H13NOS/c1-7-3-4-9-6-11-13(10(9)5-7)12(8(2)16)14(15)17-11/h3-5H,6,15H2,1-2H3. The third kappa shape index (κ3) is 1.42. The molecular weight excluding hydrogens is 230 g/mol. The van der Waals surface area contributed by atoms with Crippen LogP contribution in [0.4, 0.5) is 5.00 Å². The number of hydrogen-bond acceptors (Lipinski definition) is 3. The van der Waals surface area contributed by atoms with Gasteiger partial charge in [-0.05, 0) is 25.0 Å². The van der Waals surface area contributed by atoms with Gasteiger partial charge in [-0.3, -0.25) is 4.79 Å². The molecular formula is C14H13NOS. The number of fused-ring (bicyclic) bond motifs is 3. The minimum Gasteiger partial charge on any atom is -0.390 e. The van der Waals surface area contributed by atoms with Crippen molar-refractivity contribution < 1.29 is 4.79 Å². The zero-order valence-electron chi connectivity index (χ0n) is 9.83. The summed E-state index contributed by atoms with van der Waals surface area (Å²) in [5.74, 6) is 0.0642. The predicted octanol–water partition coefficient (Wildman–Crippen LogP) is 3.41. The lowest BCUT2D eigenvalue weighted by Gasteiger charge is -2.04. The van der Waals surface area contributed by atoms with Crippen LogP contribution in [0, 0.1) is 6.92 Å². The lowest BCUT2D eigenvalue weighted by Crippen LogP contribution is -1.97. The number of anilines is 1. The molecule has 0 saturated carbocycles. The Balaban J connectivity index is 2.32. The Morgan fingerprint density at radius 2 is 2.18 bits per heavy atom. The fourth-order valence-electron chi connectivity index (χ4n) is 2.51. The maximum absolute atomic E-state index is 11.7. The number of nitrogens with two attached hydrogens (primary N) is 1. The summed E-state index contributed by atoms with van der Waals surface area (Å²) < 4.78 is 0. The molecule has 2 nitrogen and oxygen atoms in total. The molecule has 0 spiro atoms. The molecule has 0 aliphatic heterocycles. The zero-order chi connectivity index (χ0) is 12.2. The Morgan fingerprint density at radius 1 is 1.41 bits per heavy atom. The van der Waals surface area contributed by atoms with Crippen molar-refractivity contribution in [3.63, 3.8) is 0 Å². The minimum atomic E-state index is 0.0642. The van der Waals surface area contributed by atoms with Crippen LogP contribution < -0.4 is 5.73 Å². The molecule has 1 heterocycles. The van der Waals surface area contributed by atoms with Crippen LogP contribution in [0.3, 0.4) is 0 Å². The molecule has 17 heavy (non-hydrogen) atoms. The molecule has 0 saturated heterocycles. The number of hydrogen-bond donors (Lipinski definition) is 1. The molecule has 0 radical (unpaired) electrons. The van der Waals surface area contributed by atoms with E-state index in [-0.39, 0.29) is 5.78 Å². The quantitative estimate of drug-likeness (QED) is 0.665. The van der Waals surface area contributed by atoms with Crippen LogP contribution in [-0.2, 0) is 6.42 Å². The van der Waals surface area contributed by atoms with Crippen LogP contribution in [0.15, 0.2) is 18.2 Å². The number of carbonyl (C=O) groups excluding carboxylic acids is 1. The van der Waals surface area contributed by atoms with E-state index >= 15 is 0 Å². The first-order chi connectivity index (χ1) is 8.08. The van der Waals surface area contributed by atoms with Gasteiger partial charge in [-0.25, -0.2) is 0 Å². The molecule has 0 atom stereocenters. The Labute approximate surface area is 104 Å². The van der Waals surface area contributed by atoms with E-state index in [0.29, 0.717) is 10.6 Å². The highest BCUT2D eigenvalue weighted by Crippen LogP contribution is 2.46. The fourth-order valence-corrected chi connectivity index (χ4v) is 3.66. The number of thiophene rings is 1. The lowest BCUT2D eigenvalue weighted by atomic mass is 10.00. The molecule has 0 unspecified atom stereocenters. The van der Waals surface area contributed by atoms with Crippen molar-refractivity contribution in [3.05, 3.63) is 39.8 Å². The summed E-state index contributed by atoms with van der Waals surface area (Å²) in [6.07, 6.45) is 0.910. The first kappa shape index (κ1) is 10.5. The third-order valence-electron chi connectivity index (χ3n) is 3.25. The molecule has 3 heteroatoms. The van der Waals surface area contributed by atoms with Crippen molar-refractivity contribution in [2.45, 2.75) is 20.3 Å². The van der Waals surface area contributed by atoms with E-state index in [1.54, 1.807) is 18.3 Å². The summed E-state index contributed by atoms with van der Waals surface area (Å²) >= 11 is 1.55. The van der Waals surface area contributed by atoms with Gasteiger partial charge in [-0.15, -0.1) is 11.3 Å². The molecule has 1 aliphatic rings. The molecule has 2 aromatic rings. The van der Waals surface area contributed by atoms with E-state index in [2.05, 4.69) is 25.1 Å². The van der Waals surface area contributed by atoms with Gasteiger partial charge >= 0.3 is 0 Å². The number of nitrogen functional groups attached to an aromatic ring is 1. The van der Waals surface area contributed by atoms with Crippen LogP contribution in [0.5, 0.6) is 0 Å². The van der Waals surface area contributed by atoms with E-state index < -0.39 is 0 Å². The highest BCUT2D eigenvalue weighted by Gasteiger charge is 2.27. The zero-order valence-corrected chi connectivity index (χ0v) is 10.6. The Morgan fingerprint density at radius 3 is 2.88 bits per heavy atom. The van der Waals surface area contributed by atoms with Gasteiger partial charge in [0.25, 0.3) is 0 Å². The molecule has 1 aliphatic carbocycles. The Hall–Kier alpha value is -1.61. The highest BCUT2D eigenvalue weighted by atomic mass is 32.1. The van der Waals surface area contributed by atoms with Crippen LogP contribution in [0.2, 0.25) is 0 Å². The maximum atomic E-state index is 11.7. The number of ketones is 1. The van der Waals surface area contributed by atoms with E-state index in [1.165, 1.54) is 21.6 Å². The van der Waals surface area contributed by atoms with Gasteiger partial charge in [0.15, 0.2) is 5.78 Å². The van der Waals surface area contributed by atoms with Crippen LogP contribution in [0.1, 0.15) is 33.3 Å². The van der Waals surface area contributed by atoms with Crippen molar-refractivity contribution in [2.24, 2.45) is 0 Å². The van der Waals surface area contributed by atoms with Crippen molar-refractivity contribution in [1.82, 2.24) is 0 Å². The van der Waals surface area contributed by atoms with Crippen molar-refractivity contribution in [2.75, 3.05) is 5.73 Å². The highest BCUT2D eigenvalue weighted by molar-refractivity contribution is 7.17. The third-order valence-corrected chi connectivity index (χ3v) is 4.27. The van der Waals surface area contributed by atoms with Gasteiger partial charge in [0, 0.05) is 16.9 Å². The molecule has 0 bridgehead atoms. The monoisotopic (exact) mass is 243 g/mol. The second-order valence-electron chi connectivity index (χ2n) is 4.53. The Kier molecular flexibility index (Phi) is 2.13. The van der Waals surface area contributed by atoms with Gasteiger partial charge in [-0.2, -0.15) is 0 Å². The summed E-state index contributed by atoms with van der Waals surface area (Å²) in [6.45, 7) is 3.66. The molecule has 1 aromatic carbocycles. The molecule has 0 fully saturated rings. The van der Waals surface area contributed by atoms with E-state index in [4.69, 9.17) is 5.73 Å².